The van der Waals surface area contributed by atoms with Crippen LogP contribution in [0.5, 0.6) is 0 Å². The number of fused-ring (bicyclic) bond motifs is 3. The molecule has 0 radical (unpaired) electrons. The highest BCUT2D eigenvalue weighted by molar-refractivity contribution is 6.39. The van der Waals surface area contributed by atoms with Gasteiger partial charge in [0.25, 0.3) is 11.7 Å². The molecule has 2 amide bonds. The number of methoxy groups -OCH3 is 3. The van der Waals surface area contributed by atoms with Gasteiger partial charge < -0.3 is 58.7 Å². The number of carbonyl (C=O) groups is 6. The van der Waals surface area contributed by atoms with E-state index in [9.17, 15) is 39.0 Å². The minimum atomic E-state index is -2.47. The summed E-state index contributed by atoms with van der Waals surface area (Å²) in [5.41, 5.74) is 2.93. The Morgan fingerprint density at radius 2 is 1.44 bits per heavy atom. The number of amides is 2. The zero-order valence-corrected chi connectivity index (χ0v) is 53.5. The summed E-state index contributed by atoms with van der Waals surface area (Å²) >= 11 is 0. The maximum atomic E-state index is 14.7. The number of alkyl carbamates (subject to hydrolysis) is 1. The number of aromatic nitrogens is 4. The Bertz CT molecular complexity index is 2800. The number of piperidine rings is 1. The molecule has 2 aromatic rings. The van der Waals surface area contributed by atoms with Gasteiger partial charge in [-0.1, -0.05) is 71.1 Å². The molecule has 4 fully saturated rings. The summed E-state index contributed by atoms with van der Waals surface area (Å²) in [5.74, 6) is -7.23. The molecule has 2 aromatic heterocycles. The average molecular weight is 1230 g/mol. The van der Waals surface area contributed by atoms with Crippen molar-refractivity contribution >= 4 is 47.2 Å². The molecule has 4 aliphatic heterocycles. The molecule has 0 spiro atoms. The molecule has 6 heterocycles. The van der Waals surface area contributed by atoms with Crippen molar-refractivity contribution in [3.8, 4) is 0 Å². The SMILES string of the molecule is CO[C@H]1C[C@@H]2CC[C@@H](C)[C@@](O)(O2)C(=O)C(=O)N2CCCC[C@H]2C(=O)O[C@H]([C@H](C)C[C@@H]2CC[C@@H](OC(=O)NCc3cnc(N4CCN(c5ncc(C)cn5)CC4)nc3)[C@H](OC)C2)CC(=O)[C@H](C)/C=C(\C)[C@@H](O)[C@@H](OC)C(=O)[C@H](C)C[C@H](C)/C=C/C=CC=C1C. The van der Waals surface area contributed by atoms with E-state index in [0.717, 1.165) is 24.2 Å². The first-order valence-electron chi connectivity index (χ1n) is 31.6. The summed E-state index contributed by atoms with van der Waals surface area (Å²) in [7, 11) is 4.51. The molecular weight excluding hydrogens is 1130 g/mol. The third kappa shape index (κ3) is 18.2. The Labute approximate surface area is 519 Å². The highest BCUT2D eigenvalue weighted by Crippen LogP contribution is 2.38. The summed E-state index contributed by atoms with van der Waals surface area (Å²) in [6.07, 6.45) is 16.6. The monoisotopic (exact) mass is 1220 g/mol. The highest BCUT2D eigenvalue weighted by Gasteiger charge is 2.53. The molecule has 3 saturated heterocycles. The molecule has 5 aliphatic rings. The number of nitrogens with one attached hydrogen (secondary N) is 1. The van der Waals surface area contributed by atoms with Crippen LogP contribution in [0.25, 0.3) is 0 Å². The fraction of sp³-hybridized carbons (Fsp3) is 0.667. The lowest BCUT2D eigenvalue weighted by atomic mass is 9.78. The number of anilines is 2. The number of hydrogen-bond donors (Lipinski definition) is 3. The standard InChI is InChI=1S/C66H96N8O14/c1-40-17-13-12-14-18-42(3)54(83-9)33-50-22-20-47(8)66(82,88-50)60(78)61(79)74-24-16-15-19-51(74)62(80)86-55(34-52(75)43(4)30-46(7)58(77)59(85-11)57(76)45(6)29-40)44(5)31-48-21-23-53(56(32-48)84-10)87-65(81)71-39-49-37-69-64(70-38-49)73-27-25-72(26-28-73)63-67-35-41(2)36-68-63/h12-14,17-18,30,35-38,40,43-45,47-48,50-51,53-56,58-59,77,82H,15-16,19-29,31-34,39H2,1-11H3,(H,71,81)/b14-12?,17-13+,42-18?,46-30+/t40-,43-,44-,45-,47-,48+,50+,51+,53-,54+,55+,56-,58-,59+,66-/m1/s1. The number of ether oxygens (including phenoxy) is 6. The number of carbonyl (C=O) groups excluding carboxylic acids is 6. The molecule has 15 atom stereocenters. The van der Waals surface area contributed by atoms with Crippen LogP contribution in [0.2, 0.25) is 0 Å². The van der Waals surface area contributed by atoms with Gasteiger partial charge in [0, 0.05) is 122 Å². The van der Waals surface area contributed by atoms with Crippen LogP contribution >= 0.6 is 0 Å². The van der Waals surface area contributed by atoms with Crippen molar-refractivity contribution in [3.63, 3.8) is 0 Å². The third-order valence-electron chi connectivity index (χ3n) is 18.5. The van der Waals surface area contributed by atoms with Crippen LogP contribution in [0, 0.1) is 42.4 Å². The largest absolute Gasteiger partial charge is 0.460 e. The number of aliphatic hydroxyl groups is 2. The van der Waals surface area contributed by atoms with Gasteiger partial charge in [-0.2, -0.15) is 0 Å². The molecule has 3 N–H and O–H groups in total. The number of Topliss-reactive ketones (excluding diaryl/α,β-unsaturated/α-hetero) is 3. The first-order valence-corrected chi connectivity index (χ1v) is 31.6. The van der Waals surface area contributed by atoms with Crippen molar-refractivity contribution in [2.75, 3.05) is 63.9 Å². The number of piperazine rings is 1. The van der Waals surface area contributed by atoms with E-state index in [2.05, 4.69) is 35.1 Å². The van der Waals surface area contributed by atoms with Gasteiger partial charge in [-0.05, 0) is 119 Å². The summed E-state index contributed by atoms with van der Waals surface area (Å²) < 4.78 is 36.0. The first kappa shape index (κ1) is 69.2. The van der Waals surface area contributed by atoms with E-state index in [1.807, 2.05) is 77.4 Å². The summed E-state index contributed by atoms with van der Waals surface area (Å²) in [4.78, 5) is 109. The van der Waals surface area contributed by atoms with Crippen LogP contribution in [0.15, 0.2) is 72.4 Å². The van der Waals surface area contributed by atoms with Crippen LogP contribution in [0.1, 0.15) is 137 Å². The molecule has 22 heteroatoms. The fourth-order valence-electron chi connectivity index (χ4n) is 12.8. The number of ketones is 3. The molecule has 0 aromatic carbocycles. The van der Waals surface area contributed by atoms with Crippen LogP contribution in [0.4, 0.5) is 16.7 Å². The van der Waals surface area contributed by atoms with E-state index >= 15 is 0 Å². The Morgan fingerprint density at radius 3 is 2.09 bits per heavy atom. The van der Waals surface area contributed by atoms with Gasteiger partial charge in [0.1, 0.15) is 36.2 Å². The lowest BCUT2D eigenvalue weighted by Gasteiger charge is -2.42. The van der Waals surface area contributed by atoms with Gasteiger partial charge in [0.15, 0.2) is 5.78 Å². The van der Waals surface area contributed by atoms with Gasteiger partial charge >= 0.3 is 12.1 Å². The summed E-state index contributed by atoms with van der Waals surface area (Å²) in [6, 6.07) is -1.20. The molecule has 7 rings (SSSR count). The number of aryl methyl sites for hydroxylation is 1. The Hall–Kier alpha value is -6.30. The maximum absolute atomic E-state index is 14.7. The average Bonchev–Trinajstić information content (AvgIpc) is 3.70. The van der Waals surface area contributed by atoms with E-state index in [0.29, 0.717) is 100 Å². The van der Waals surface area contributed by atoms with E-state index in [-0.39, 0.29) is 49.3 Å². The Balaban J connectivity index is 1.04. The van der Waals surface area contributed by atoms with Crippen LogP contribution < -0.4 is 15.1 Å². The van der Waals surface area contributed by atoms with Gasteiger partial charge in [0.05, 0.1) is 18.3 Å². The zero-order chi connectivity index (χ0) is 63.8. The number of esters is 1. The zero-order valence-electron chi connectivity index (χ0n) is 53.5. The summed E-state index contributed by atoms with van der Waals surface area (Å²) in [5, 5.41) is 26.5. The molecule has 1 aliphatic carbocycles. The summed E-state index contributed by atoms with van der Waals surface area (Å²) in [6.45, 7) is 17.6. The Kier molecular flexibility index (Phi) is 25.5. The molecule has 0 unspecified atom stereocenters. The highest BCUT2D eigenvalue weighted by atomic mass is 16.6. The van der Waals surface area contributed by atoms with Crippen molar-refractivity contribution in [1.82, 2.24) is 30.2 Å². The second-order valence-electron chi connectivity index (χ2n) is 25.2. The van der Waals surface area contributed by atoms with Crippen LogP contribution in [-0.4, -0.2) is 179 Å². The number of aliphatic hydroxyl groups excluding tert-OH is 1. The number of rotatable bonds is 11. The van der Waals surface area contributed by atoms with Crippen LogP contribution in [-0.2, 0) is 58.9 Å². The van der Waals surface area contributed by atoms with Crippen molar-refractivity contribution in [1.29, 1.82) is 0 Å². The first-order chi connectivity index (χ1) is 42.0. The molecule has 88 heavy (non-hydrogen) atoms. The quantitative estimate of drug-likeness (QED) is 0.113. The third-order valence-corrected chi connectivity index (χ3v) is 18.5. The normalized spacial score (nSPS) is 32.9. The molecular formula is C66H96N8O14. The number of nitrogens with zero attached hydrogens (tertiary/aromatic N) is 7. The maximum Gasteiger partial charge on any atom is 0.407 e. The molecule has 2 bridgehead atoms. The molecule has 22 nitrogen and oxygen atoms in total. The van der Waals surface area contributed by atoms with Gasteiger partial charge in [-0.15, -0.1) is 0 Å². The van der Waals surface area contributed by atoms with E-state index in [1.165, 1.54) is 12.0 Å². The van der Waals surface area contributed by atoms with Crippen molar-refractivity contribution in [3.05, 3.63) is 83.5 Å². The van der Waals surface area contributed by atoms with E-state index in [1.54, 1.807) is 53.5 Å². The lowest BCUT2D eigenvalue weighted by Crippen LogP contribution is -2.61. The van der Waals surface area contributed by atoms with Crippen molar-refractivity contribution < 1.29 is 67.4 Å². The smallest absolute Gasteiger partial charge is 0.407 e. The predicted molar refractivity (Wildman–Crippen MR) is 329 cm³/mol. The minimum Gasteiger partial charge on any atom is -0.460 e. The van der Waals surface area contributed by atoms with Gasteiger partial charge in [-0.3, -0.25) is 19.2 Å². The molecule has 484 valence electrons. The lowest BCUT2D eigenvalue weighted by molar-refractivity contribution is -0.265. The minimum absolute atomic E-state index is 0.00734. The van der Waals surface area contributed by atoms with Gasteiger partial charge in [0.2, 0.25) is 17.7 Å². The fourth-order valence-corrected chi connectivity index (χ4v) is 12.8. The van der Waals surface area contributed by atoms with Crippen molar-refractivity contribution in [2.24, 2.45) is 35.5 Å². The number of cyclic esters (lactones) is 1. The number of hydrogen-bond acceptors (Lipinski definition) is 20. The second kappa shape index (κ2) is 32.4. The Morgan fingerprint density at radius 1 is 0.773 bits per heavy atom. The predicted octanol–water partition coefficient (Wildman–Crippen LogP) is 7.33. The van der Waals surface area contributed by atoms with E-state index in [4.69, 9.17) is 28.4 Å². The van der Waals surface area contributed by atoms with Crippen LogP contribution in [0.3, 0.4) is 0 Å². The topological polar surface area (TPSA) is 272 Å². The van der Waals surface area contributed by atoms with Crippen molar-refractivity contribution in [2.45, 2.75) is 194 Å². The number of allylic oxidation sites excluding steroid dienone is 6. The van der Waals surface area contributed by atoms with E-state index < -0.39 is 102 Å². The van der Waals surface area contributed by atoms with Gasteiger partial charge in [-0.25, -0.2) is 29.5 Å². The second-order valence-corrected chi connectivity index (χ2v) is 25.2. The molecule has 1 saturated carbocycles.